The highest BCUT2D eigenvalue weighted by Crippen LogP contribution is 2.25. The van der Waals surface area contributed by atoms with Crippen LogP contribution in [0.25, 0.3) is 0 Å². The summed E-state index contributed by atoms with van der Waals surface area (Å²) in [6.45, 7) is 5.66. The van der Waals surface area contributed by atoms with Crippen LogP contribution in [0.15, 0.2) is 30.5 Å². The molecule has 1 aromatic heterocycles. The maximum absolute atomic E-state index is 13.4. The highest BCUT2D eigenvalue weighted by molar-refractivity contribution is 6.05. The number of carbonyl (C=O) groups excluding carboxylic acids is 1. The maximum atomic E-state index is 13.4. The molecule has 0 saturated heterocycles. The van der Waals surface area contributed by atoms with Crippen LogP contribution in [0.2, 0.25) is 0 Å². The number of amides is 1. The number of rotatable bonds is 8. The van der Waals surface area contributed by atoms with E-state index in [2.05, 4.69) is 10.4 Å². The number of halogens is 2. The number of aromatic nitrogens is 2. The normalized spacial score (nSPS) is 12.4. The average Bonchev–Trinajstić information content (AvgIpc) is 2.99. The Morgan fingerprint density at radius 2 is 1.81 bits per heavy atom. The highest BCUT2D eigenvalue weighted by atomic mass is 19.3. The minimum absolute atomic E-state index is 0.110. The Balaban J connectivity index is 2.13. The van der Waals surface area contributed by atoms with E-state index < -0.39 is 29.9 Å². The van der Waals surface area contributed by atoms with E-state index in [4.69, 9.17) is 5.11 Å². The predicted octanol–water partition coefficient (Wildman–Crippen LogP) is 3.99. The Morgan fingerprint density at radius 1 is 1.19 bits per heavy atom. The molecule has 1 unspecified atom stereocenters. The lowest BCUT2D eigenvalue weighted by Crippen LogP contribution is -2.16. The van der Waals surface area contributed by atoms with E-state index in [0.29, 0.717) is 18.7 Å². The van der Waals surface area contributed by atoms with Crippen molar-refractivity contribution in [1.29, 1.82) is 0 Å². The van der Waals surface area contributed by atoms with Crippen molar-refractivity contribution in [2.24, 2.45) is 11.8 Å². The van der Waals surface area contributed by atoms with Crippen molar-refractivity contribution in [2.45, 2.75) is 40.2 Å². The van der Waals surface area contributed by atoms with Crippen LogP contribution in [-0.2, 0) is 17.8 Å². The molecule has 2 aromatic rings. The molecule has 1 atom stereocenters. The molecule has 146 valence electrons. The van der Waals surface area contributed by atoms with Gasteiger partial charge < -0.3 is 10.4 Å². The molecule has 0 aliphatic carbocycles. The second kappa shape index (κ2) is 8.75. The van der Waals surface area contributed by atoms with Gasteiger partial charge in [0.05, 0.1) is 17.7 Å². The number of benzene rings is 1. The minimum atomic E-state index is -2.81. The molecule has 0 spiro atoms. The molecule has 2 N–H and O–H groups in total. The largest absolute Gasteiger partial charge is 0.481 e. The number of carboxylic acids is 1. The van der Waals surface area contributed by atoms with Crippen LogP contribution in [0.5, 0.6) is 0 Å². The second-order valence-electron chi connectivity index (χ2n) is 6.91. The number of carboxylic acid groups (broad SMARTS) is 1. The van der Waals surface area contributed by atoms with Gasteiger partial charge in [-0.3, -0.25) is 14.3 Å². The van der Waals surface area contributed by atoms with Crippen LogP contribution >= 0.6 is 0 Å². The number of hydrogen-bond acceptors (Lipinski definition) is 3. The molecule has 2 rings (SSSR count). The minimum Gasteiger partial charge on any atom is -0.481 e. The van der Waals surface area contributed by atoms with E-state index in [1.54, 1.807) is 31.2 Å². The van der Waals surface area contributed by atoms with Crippen LogP contribution in [0.1, 0.15) is 48.8 Å². The smallest absolute Gasteiger partial charge is 0.306 e. The SMILES string of the molecule is CC(C)Cn1ncc(C(=O)Nc2ccc(CC(C)C(=O)O)cc2)c1C(F)F. The van der Waals surface area contributed by atoms with Gasteiger partial charge in [0.2, 0.25) is 0 Å². The van der Waals surface area contributed by atoms with Gasteiger partial charge in [-0.25, -0.2) is 8.78 Å². The summed E-state index contributed by atoms with van der Waals surface area (Å²) in [6.07, 6.45) is -1.30. The molecule has 8 heteroatoms. The van der Waals surface area contributed by atoms with Crippen molar-refractivity contribution in [3.8, 4) is 0 Å². The molecule has 0 radical (unpaired) electrons. The van der Waals surface area contributed by atoms with Gasteiger partial charge in [-0.15, -0.1) is 0 Å². The molecule has 6 nitrogen and oxygen atoms in total. The number of nitrogens with zero attached hydrogens (tertiary/aromatic N) is 2. The lowest BCUT2D eigenvalue weighted by molar-refractivity contribution is -0.141. The fourth-order valence-electron chi connectivity index (χ4n) is 2.65. The Labute approximate surface area is 156 Å². The van der Waals surface area contributed by atoms with Gasteiger partial charge in [0.25, 0.3) is 12.3 Å². The summed E-state index contributed by atoms with van der Waals surface area (Å²) >= 11 is 0. The van der Waals surface area contributed by atoms with Gasteiger partial charge in [0.1, 0.15) is 5.69 Å². The molecule has 0 aliphatic heterocycles. The quantitative estimate of drug-likeness (QED) is 0.726. The van der Waals surface area contributed by atoms with Crippen molar-refractivity contribution in [1.82, 2.24) is 9.78 Å². The van der Waals surface area contributed by atoms with E-state index in [-0.39, 0.29) is 11.5 Å². The Hall–Kier alpha value is -2.77. The molecule has 1 heterocycles. The summed E-state index contributed by atoms with van der Waals surface area (Å²) in [5, 5.41) is 15.4. The number of anilines is 1. The third-order valence-electron chi connectivity index (χ3n) is 4.04. The number of nitrogens with one attached hydrogen (secondary N) is 1. The molecule has 27 heavy (non-hydrogen) atoms. The first-order valence-corrected chi connectivity index (χ1v) is 8.66. The van der Waals surface area contributed by atoms with E-state index in [1.807, 2.05) is 13.8 Å². The van der Waals surface area contributed by atoms with Gasteiger partial charge in [-0.2, -0.15) is 5.10 Å². The van der Waals surface area contributed by atoms with E-state index in [1.165, 1.54) is 4.68 Å². The molecular formula is C19H23F2N3O3. The molecule has 0 bridgehead atoms. The molecule has 0 aliphatic rings. The lowest BCUT2D eigenvalue weighted by Gasteiger charge is -2.11. The number of aliphatic carboxylic acids is 1. The predicted molar refractivity (Wildman–Crippen MR) is 96.9 cm³/mol. The van der Waals surface area contributed by atoms with Crippen molar-refractivity contribution in [2.75, 3.05) is 5.32 Å². The van der Waals surface area contributed by atoms with Crippen LogP contribution in [0.3, 0.4) is 0 Å². The van der Waals surface area contributed by atoms with Gasteiger partial charge in [-0.1, -0.05) is 32.9 Å². The topological polar surface area (TPSA) is 84.2 Å². The third-order valence-corrected chi connectivity index (χ3v) is 4.04. The fraction of sp³-hybridized carbons (Fsp3) is 0.421. The maximum Gasteiger partial charge on any atom is 0.306 e. The zero-order valence-electron chi connectivity index (χ0n) is 15.4. The van der Waals surface area contributed by atoms with Crippen LogP contribution in [-0.4, -0.2) is 26.8 Å². The first kappa shape index (κ1) is 20.5. The van der Waals surface area contributed by atoms with Gasteiger partial charge in [0.15, 0.2) is 0 Å². The monoisotopic (exact) mass is 379 g/mol. The molecule has 1 aromatic carbocycles. The van der Waals surface area contributed by atoms with E-state index in [0.717, 1.165) is 11.8 Å². The van der Waals surface area contributed by atoms with Crippen LogP contribution < -0.4 is 5.32 Å². The van der Waals surface area contributed by atoms with Gasteiger partial charge in [0, 0.05) is 12.2 Å². The zero-order chi connectivity index (χ0) is 20.1. The van der Waals surface area contributed by atoms with Crippen molar-refractivity contribution >= 4 is 17.6 Å². The standard InChI is InChI=1S/C19H23F2N3O3/c1-11(2)10-24-16(17(20)21)15(9-22-24)18(25)23-14-6-4-13(5-7-14)8-12(3)19(26)27/h4-7,9,11-12,17H,8,10H2,1-3H3,(H,23,25)(H,26,27). The van der Waals surface area contributed by atoms with Crippen molar-refractivity contribution in [3.63, 3.8) is 0 Å². The summed E-state index contributed by atoms with van der Waals surface area (Å²) in [5.74, 6) is -1.96. The Kier molecular flexibility index (Phi) is 6.65. The molecule has 0 saturated carbocycles. The van der Waals surface area contributed by atoms with Gasteiger partial charge in [-0.05, 0) is 30.0 Å². The Bertz CT molecular complexity index is 801. The summed E-state index contributed by atoms with van der Waals surface area (Å²) < 4.78 is 28.0. The first-order valence-electron chi connectivity index (χ1n) is 8.66. The van der Waals surface area contributed by atoms with Crippen molar-refractivity contribution in [3.05, 3.63) is 47.3 Å². The number of alkyl halides is 2. The summed E-state index contributed by atoms with van der Waals surface area (Å²) in [6, 6.07) is 6.63. The Morgan fingerprint density at radius 3 is 2.33 bits per heavy atom. The molecule has 0 fully saturated rings. The lowest BCUT2D eigenvalue weighted by atomic mass is 10.0. The molecular weight excluding hydrogens is 356 g/mol. The third kappa shape index (κ3) is 5.35. The fourth-order valence-corrected chi connectivity index (χ4v) is 2.65. The first-order chi connectivity index (χ1) is 12.7. The van der Waals surface area contributed by atoms with Gasteiger partial charge >= 0.3 is 5.97 Å². The van der Waals surface area contributed by atoms with E-state index in [9.17, 15) is 18.4 Å². The van der Waals surface area contributed by atoms with Crippen LogP contribution in [0.4, 0.5) is 14.5 Å². The average molecular weight is 379 g/mol. The summed E-state index contributed by atoms with van der Waals surface area (Å²) in [7, 11) is 0. The number of hydrogen-bond donors (Lipinski definition) is 2. The zero-order valence-corrected chi connectivity index (χ0v) is 15.4. The summed E-state index contributed by atoms with van der Waals surface area (Å²) in [4.78, 5) is 23.3. The highest BCUT2D eigenvalue weighted by Gasteiger charge is 2.25. The second-order valence-corrected chi connectivity index (χ2v) is 6.91. The van der Waals surface area contributed by atoms with Crippen LogP contribution in [0, 0.1) is 11.8 Å². The summed E-state index contributed by atoms with van der Waals surface area (Å²) in [5.41, 5.74) is 0.687. The number of carbonyl (C=O) groups is 2. The van der Waals surface area contributed by atoms with E-state index >= 15 is 0 Å². The van der Waals surface area contributed by atoms with Crippen molar-refractivity contribution < 1.29 is 23.5 Å². The molecule has 1 amide bonds.